The maximum atomic E-state index is 14.1. The molecular weight excluding hydrogens is 551 g/mol. The Morgan fingerprint density at radius 2 is 1.68 bits per heavy atom. The minimum atomic E-state index is -4.79. The van der Waals surface area contributed by atoms with Crippen molar-refractivity contribution < 1.29 is 44.8 Å². The van der Waals surface area contributed by atoms with E-state index in [-0.39, 0.29) is 42.0 Å². The van der Waals surface area contributed by atoms with Crippen LogP contribution in [0.1, 0.15) is 55.4 Å². The first-order chi connectivity index (χ1) is 18.8. The molecule has 2 aromatic rings. The molecule has 8 nitrogen and oxygen atoms in total. The van der Waals surface area contributed by atoms with Crippen LogP contribution < -0.4 is 0 Å². The number of carbonyl (C=O) groups excluding carboxylic acids is 2. The molecule has 2 aromatic carbocycles. The van der Waals surface area contributed by atoms with Crippen LogP contribution in [-0.2, 0) is 39.5 Å². The van der Waals surface area contributed by atoms with Crippen LogP contribution in [0.5, 0.6) is 0 Å². The van der Waals surface area contributed by atoms with E-state index in [1.54, 1.807) is 30.3 Å². The maximum Gasteiger partial charge on any atom is 0.416 e. The van der Waals surface area contributed by atoms with Crippen LogP contribution in [0.15, 0.2) is 70.9 Å². The number of halogens is 3. The Hall–Kier alpha value is -3.51. The number of methoxy groups -OCH3 is 1. The summed E-state index contributed by atoms with van der Waals surface area (Å²) in [6, 6.07) is 13.2. The minimum absolute atomic E-state index is 0.00261. The number of esters is 2. The molecule has 0 saturated carbocycles. The average molecular weight is 582 g/mol. The monoisotopic (exact) mass is 581 g/mol. The van der Waals surface area contributed by atoms with Crippen molar-refractivity contribution in [3.05, 3.63) is 82.6 Å². The number of rotatable bonds is 10. The highest BCUT2D eigenvalue weighted by atomic mass is 32.2. The molecule has 0 aliphatic carbocycles. The molecule has 1 heterocycles. The molecule has 0 saturated heterocycles. The van der Waals surface area contributed by atoms with E-state index in [0.717, 1.165) is 19.4 Å². The fraction of sp³-hybridized carbons (Fsp3) is 0.393. The summed E-state index contributed by atoms with van der Waals surface area (Å²) in [5.74, 6) is -4.58. The molecule has 3 unspecified atom stereocenters. The molecule has 0 aromatic heterocycles. The average Bonchev–Trinajstić information content (AvgIpc) is 2.89. The van der Waals surface area contributed by atoms with E-state index in [1.807, 2.05) is 0 Å². The van der Waals surface area contributed by atoms with Crippen molar-refractivity contribution in [1.29, 1.82) is 0 Å². The number of carbonyl (C=O) groups is 2. The smallest absolute Gasteiger partial charge is 0.416 e. The topological polar surface area (TPSA) is 108 Å². The van der Waals surface area contributed by atoms with Gasteiger partial charge in [-0.1, -0.05) is 48.5 Å². The van der Waals surface area contributed by atoms with Gasteiger partial charge in [0.15, 0.2) is 0 Å². The second-order valence-electron chi connectivity index (χ2n) is 9.14. The summed E-state index contributed by atoms with van der Waals surface area (Å²) in [7, 11) is -2.81. The van der Waals surface area contributed by atoms with Crippen LogP contribution in [0.25, 0.3) is 0 Å². The minimum Gasteiger partial charge on any atom is -0.468 e. The van der Waals surface area contributed by atoms with Gasteiger partial charge in [0, 0.05) is 11.6 Å². The molecule has 0 fully saturated rings. The first-order valence-corrected chi connectivity index (χ1v) is 14.2. The van der Waals surface area contributed by atoms with Crippen molar-refractivity contribution >= 4 is 27.8 Å². The van der Waals surface area contributed by atoms with E-state index in [4.69, 9.17) is 13.7 Å². The summed E-state index contributed by atoms with van der Waals surface area (Å²) in [6.07, 6.45) is -4.93. The van der Waals surface area contributed by atoms with E-state index < -0.39 is 51.7 Å². The van der Waals surface area contributed by atoms with Gasteiger partial charge in [0.25, 0.3) is 10.1 Å². The van der Waals surface area contributed by atoms with Gasteiger partial charge >= 0.3 is 18.1 Å². The highest BCUT2D eigenvalue weighted by molar-refractivity contribution is 7.86. The lowest BCUT2D eigenvalue weighted by molar-refractivity contribution is -0.145. The van der Waals surface area contributed by atoms with E-state index in [2.05, 4.69) is 4.99 Å². The Balaban J connectivity index is 2.22. The second kappa shape index (κ2) is 12.8. The number of ether oxygens (including phenoxy) is 2. The Morgan fingerprint density at radius 3 is 2.25 bits per heavy atom. The third-order valence-corrected chi connectivity index (χ3v) is 6.96. The zero-order chi connectivity index (χ0) is 29.7. The molecule has 1 aliphatic heterocycles. The first kappa shape index (κ1) is 31.0. The standard InChI is InChI=1S/C28H30F3NO7S/c1-5-38-27(34)25-21(15-16-22(39-40(4,35)36)18-11-7-6-8-12-18)32-17(2)23(26(33)37-3)24(25)19-13-9-10-14-20(19)28(29,30)31/h6-14,22-24H,5,15-16H2,1-4H3. The summed E-state index contributed by atoms with van der Waals surface area (Å²) in [6.45, 7) is 2.92. The van der Waals surface area contributed by atoms with E-state index in [1.165, 1.54) is 32.0 Å². The van der Waals surface area contributed by atoms with Crippen molar-refractivity contribution in [2.75, 3.05) is 20.0 Å². The van der Waals surface area contributed by atoms with Gasteiger partial charge in [-0.15, -0.1) is 0 Å². The Labute approximate surface area is 231 Å². The SMILES string of the molecule is CCOC(=O)C1=C(CCC(OS(C)(=O)=O)c2ccccc2)N=C(C)C(C(=O)OC)C1c1ccccc1C(F)(F)F. The van der Waals surface area contributed by atoms with Gasteiger partial charge in [0.1, 0.15) is 12.0 Å². The maximum absolute atomic E-state index is 14.1. The van der Waals surface area contributed by atoms with Crippen molar-refractivity contribution in [2.24, 2.45) is 10.9 Å². The summed E-state index contributed by atoms with van der Waals surface area (Å²) in [4.78, 5) is 30.7. The fourth-order valence-electron chi connectivity index (χ4n) is 4.79. The Kier molecular flexibility index (Phi) is 9.91. The lowest BCUT2D eigenvalue weighted by Crippen LogP contribution is -2.37. The molecule has 0 amide bonds. The summed E-state index contributed by atoms with van der Waals surface area (Å²) < 4.78 is 81.8. The van der Waals surface area contributed by atoms with Gasteiger partial charge in [0.2, 0.25) is 0 Å². The summed E-state index contributed by atoms with van der Waals surface area (Å²) >= 11 is 0. The van der Waals surface area contributed by atoms with Gasteiger partial charge in [-0.2, -0.15) is 21.6 Å². The van der Waals surface area contributed by atoms with Crippen LogP contribution in [0.4, 0.5) is 13.2 Å². The number of alkyl halides is 3. The van der Waals surface area contributed by atoms with Crippen molar-refractivity contribution in [3.8, 4) is 0 Å². The number of allylic oxidation sites excluding steroid dienone is 1. The predicted molar refractivity (Wildman–Crippen MR) is 141 cm³/mol. The molecule has 0 radical (unpaired) electrons. The molecule has 0 spiro atoms. The molecule has 3 atom stereocenters. The second-order valence-corrected chi connectivity index (χ2v) is 10.7. The van der Waals surface area contributed by atoms with Crippen LogP contribution in [-0.4, -0.2) is 46.0 Å². The zero-order valence-electron chi connectivity index (χ0n) is 22.4. The molecule has 0 bridgehead atoms. The van der Waals surface area contributed by atoms with E-state index in [9.17, 15) is 31.2 Å². The highest BCUT2D eigenvalue weighted by Crippen LogP contribution is 2.46. The van der Waals surface area contributed by atoms with Crippen LogP contribution >= 0.6 is 0 Å². The van der Waals surface area contributed by atoms with Gasteiger partial charge in [-0.3, -0.25) is 14.0 Å². The first-order valence-electron chi connectivity index (χ1n) is 12.4. The van der Waals surface area contributed by atoms with Gasteiger partial charge in [0.05, 0.1) is 36.8 Å². The molecule has 0 N–H and O–H groups in total. The fourth-order valence-corrected chi connectivity index (χ4v) is 5.42. The van der Waals surface area contributed by atoms with E-state index in [0.29, 0.717) is 5.56 Å². The molecular formula is C28H30F3NO7S. The van der Waals surface area contributed by atoms with Crippen molar-refractivity contribution in [2.45, 2.75) is 44.9 Å². The highest BCUT2D eigenvalue weighted by Gasteiger charge is 2.46. The van der Waals surface area contributed by atoms with Crippen molar-refractivity contribution in [3.63, 3.8) is 0 Å². The van der Waals surface area contributed by atoms with Crippen LogP contribution in [0, 0.1) is 5.92 Å². The third kappa shape index (κ3) is 7.36. The lowest BCUT2D eigenvalue weighted by atomic mass is 9.73. The van der Waals surface area contributed by atoms with Gasteiger partial charge in [-0.25, -0.2) is 4.79 Å². The number of hydrogen-bond donors (Lipinski definition) is 0. The largest absolute Gasteiger partial charge is 0.468 e. The number of hydrogen-bond acceptors (Lipinski definition) is 8. The van der Waals surface area contributed by atoms with Gasteiger partial charge < -0.3 is 9.47 Å². The number of aliphatic imine (C=N–C) groups is 1. The quantitative estimate of drug-likeness (QED) is 0.274. The number of nitrogens with zero attached hydrogens (tertiary/aromatic N) is 1. The van der Waals surface area contributed by atoms with Crippen molar-refractivity contribution in [1.82, 2.24) is 0 Å². The lowest BCUT2D eigenvalue weighted by Gasteiger charge is -2.33. The molecule has 40 heavy (non-hydrogen) atoms. The predicted octanol–water partition coefficient (Wildman–Crippen LogP) is 5.37. The molecule has 216 valence electrons. The molecule has 3 rings (SSSR count). The number of benzene rings is 2. The summed E-state index contributed by atoms with van der Waals surface area (Å²) in [5.41, 5.74) is -0.826. The molecule has 12 heteroatoms. The summed E-state index contributed by atoms with van der Waals surface area (Å²) in [5, 5.41) is 0. The third-order valence-electron chi connectivity index (χ3n) is 6.37. The Bertz CT molecular complexity index is 1400. The van der Waals surface area contributed by atoms with Crippen LogP contribution in [0.3, 0.4) is 0 Å². The normalized spacial score (nSPS) is 18.6. The zero-order valence-corrected chi connectivity index (χ0v) is 23.2. The van der Waals surface area contributed by atoms with E-state index >= 15 is 0 Å². The Morgan fingerprint density at radius 1 is 1.05 bits per heavy atom. The van der Waals surface area contributed by atoms with Crippen LogP contribution in [0.2, 0.25) is 0 Å². The van der Waals surface area contributed by atoms with Gasteiger partial charge in [-0.05, 0) is 43.9 Å². The molecule has 1 aliphatic rings.